The maximum atomic E-state index is 12.5. The fourth-order valence-corrected chi connectivity index (χ4v) is 3.96. The van der Waals surface area contributed by atoms with E-state index in [1.165, 1.54) is 11.8 Å². The number of aryl methyl sites for hydroxylation is 1. The molecule has 27 heavy (non-hydrogen) atoms. The molecule has 0 fully saturated rings. The van der Waals surface area contributed by atoms with Crippen molar-refractivity contribution in [2.24, 2.45) is 0 Å². The molecule has 0 unspecified atom stereocenters. The third-order valence-electron chi connectivity index (χ3n) is 3.87. The molecular formula is C20H17Cl2N3OS. The summed E-state index contributed by atoms with van der Waals surface area (Å²) in [5, 5.41) is 10.1. The van der Waals surface area contributed by atoms with Gasteiger partial charge in [0.2, 0.25) is 0 Å². The Morgan fingerprint density at radius 2 is 2.04 bits per heavy atom. The van der Waals surface area contributed by atoms with Gasteiger partial charge in [0.15, 0.2) is 16.8 Å². The van der Waals surface area contributed by atoms with Gasteiger partial charge < -0.3 is 0 Å². The first-order chi connectivity index (χ1) is 13.0. The van der Waals surface area contributed by atoms with Crippen molar-refractivity contribution in [1.29, 1.82) is 0 Å². The number of aromatic nitrogens is 3. The number of carbonyl (C=O) groups is 1. The molecule has 2 aromatic carbocycles. The zero-order chi connectivity index (χ0) is 19.4. The molecule has 0 N–H and O–H groups in total. The summed E-state index contributed by atoms with van der Waals surface area (Å²) in [6, 6.07) is 12.9. The lowest BCUT2D eigenvalue weighted by Gasteiger charge is -2.08. The molecule has 0 amide bonds. The monoisotopic (exact) mass is 417 g/mol. The molecule has 0 aliphatic rings. The Bertz CT molecular complexity index is 1000. The first kappa shape index (κ1) is 19.7. The predicted octanol–water partition coefficient (Wildman–Crippen LogP) is 5.72. The standard InChI is InChI=1S/C20H17Cl2N3OS/c1-3-9-25-19(14-6-4-5-13(2)10-14)23-24-20(25)27-12-18(26)16-8-7-15(21)11-17(16)22/h3-8,10-11H,1,9,12H2,2H3. The number of halogens is 2. The fourth-order valence-electron chi connectivity index (χ4n) is 2.61. The molecule has 0 aliphatic carbocycles. The molecule has 138 valence electrons. The minimum atomic E-state index is -0.0908. The molecule has 3 aromatic rings. The van der Waals surface area contributed by atoms with Crippen LogP contribution in [-0.2, 0) is 6.54 Å². The topological polar surface area (TPSA) is 47.8 Å². The maximum absolute atomic E-state index is 12.5. The first-order valence-electron chi connectivity index (χ1n) is 8.21. The van der Waals surface area contributed by atoms with Crippen molar-refractivity contribution in [3.8, 4) is 11.4 Å². The van der Waals surface area contributed by atoms with Gasteiger partial charge in [-0.2, -0.15) is 0 Å². The zero-order valence-electron chi connectivity index (χ0n) is 14.7. The molecular weight excluding hydrogens is 401 g/mol. The number of thioether (sulfide) groups is 1. The highest BCUT2D eigenvalue weighted by atomic mass is 35.5. The van der Waals surface area contributed by atoms with Gasteiger partial charge in [0.25, 0.3) is 0 Å². The van der Waals surface area contributed by atoms with E-state index < -0.39 is 0 Å². The summed E-state index contributed by atoms with van der Waals surface area (Å²) >= 11 is 13.3. The van der Waals surface area contributed by atoms with E-state index >= 15 is 0 Å². The largest absolute Gasteiger partial charge is 0.298 e. The van der Waals surface area contributed by atoms with Gasteiger partial charge in [-0.1, -0.05) is 64.8 Å². The molecule has 0 saturated heterocycles. The Morgan fingerprint density at radius 3 is 2.74 bits per heavy atom. The van der Waals surface area contributed by atoms with Crippen LogP contribution in [0.3, 0.4) is 0 Å². The van der Waals surface area contributed by atoms with Crippen LogP contribution in [0.15, 0.2) is 60.3 Å². The molecule has 0 spiro atoms. The van der Waals surface area contributed by atoms with Crippen molar-refractivity contribution in [1.82, 2.24) is 14.8 Å². The summed E-state index contributed by atoms with van der Waals surface area (Å²) in [4.78, 5) is 12.5. The molecule has 0 aliphatic heterocycles. The van der Waals surface area contributed by atoms with Crippen molar-refractivity contribution >= 4 is 40.7 Å². The van der Waals surface area contributed by atoms with Crippen LogP contribution in [0.5, 0.6) is 0 Å². The average Bonchev–Trinajstić information content (AvgIpc) is 3.03. The summed E-state index contributed by atoms with van der Waals surface area (Å²) in [6.07, 6.45) is 1.78. The lowest BCUT2D eigenvalue weighted by molar-refractivity contribution is 0.102. The second kappa shape index (κ2) is 8.74. The molecule has 0 atom stereocenters. The molecule has 0 bridgehead atoms. The molecule has 4 nitrogen and oxygen atoms in total. The number of carbonyl (C=O) groups excluding carboxylic acids is 1. The maximum Gasteiger partial charge on any atom is 0.192 e. The third kappa shape index (κ3) is 4.61. The Labute approximate surface area is 172 Å². The second-order valence-electron chi connectivity index (χ2n) is 5.91. The van der Waals surface area contributed by atoms with E-state index in [1.807, 2.05) is 29.7 Å². The normalized spacial score (nSPS) is 10.8. The van der Waals surface area contributed by atoms with Crippen molar-refractivity contribution in [3.63, 3.8) is 0 Å². The fraction of sp³-hybridized carbons (Fsp3) is 0.150. The van der Waals surface area contributed by atoms with E-state index in [2.05, 4.69) is 22.8 Å². The van der Waals surface area contributed by atoms with Gasteiger partial charge in [0.05, 0.1) is 10.8 Å². The molecule has 3 rings (SSSR count). The van der Waals surface area contributed by atoms with Gasteiger partial charge in [0.1, 0.15) is 0 Å². The van der Waals surface area contributed by atoms with E-state index in [9.17, 15) is 4.79 Å². The number of benzene rings is 2. The second-order valence-corrected chi connectivity index (χ2v) is 7.70. The van der Waals surface area contributed by atoms with Gasteiger partial charge in [0, 0.05) is 22.7 Å². The van der Waals surface area contributed by atoms with Gasteiger partial charge in [-0.15, -0.1) is 16.8 Å². The van der Waals surface area contributed by atoms with Crippen molar-refractivity contribution in [3.05, 3.63) is 76.3 Å². The third-order valence-corrected chi connectivity index (χ3v) is 5.38. The average molecular weight is 418 g/mol. The zero-order valence-corrected chi connectivity index (χ0v) is 17.0. The van der Waals surface area contributed by atoms with Gasteiger partial charge in [-0.3, -0.25) is 9.36 Å². The quantitative estimate of drug-likeness (QED) is 0.280. The lowest BCUT2D eigenvalue weighted by atomic mass is 10.1. The number of rotatable bonds is 7. The predicted molar refractivity (Wildman–Crippen MR) is 112 cm³/mol. The van der Waals surface area contributed by atoms with E-state index in [0.717, 1.165) is 17.0 Å². The molecule has 1 heterocycles. The van der Waals surface area contributed by atoms with Crippen molar-refractivity contribution in [2.45, 2.75) is 18.6 Å². The van der Waals surface area contributed by atoms with Gasteiger partial charge >= 0.3 is 0 Å². The number of allylic oxidation sites excluding steroid dienone is 1. The van der Waals surface area contributed by atoms with Crippen LogP contribution in [0.1, 0.15) is 15.9 Å². The highest BCUT2D eigenvalue weighted by molar-refractivity contribution is 7.99. The lowest BCUT2D eigenvalue weighted by Crippen LogP contribution is -2.06. The Balaban J connectivity index is 1.82. The van der Waals surface area contributed by atoms with Crippen LogP contribution in [-0.4, -0.2) is 26.3 Å². The number of hydrogen-bond acceptors (Lipinski definition) is 4. The first-order valence-corrected chi connectivity index (χ1v) is 9.96. The van der Waals surface area contributed by atoms with Gasteiger partial charge in [-0.25, -0.2) is 0 Å². The molecule has 1 aromatic heterocycles. The minimum absolute atomic E-state index is 0.0908. The Hall–Kier alpha value is -2.08. The highest BCUT2D eigenvalue weighted by Crippen LogP contribution is 2.27. The van der Waals surface area contributed by atoms with Crippen molar-refractivity contribution in [2.75, 3.05) is 5.75 Å². The SMILES string of the molecule is C=CCn1c(SCC(=O)c2ccc(Cl)cc2Cl)nnc1-c1cccc(C)c1. The Kier molecular flexibility index (Phi) is 6.37. The van der Waals surface area contributed by atoms with E-state index in [1.54, 1.807) is 24.3 Å². The van der Waals surface area contributed by atoms with E-state index in [4.69, 9.17) is 23.2 Å². The number of hydrogen-bond donors (Lipinski definition) is 0. The van der Waals surface area contributed by atoms with Crippen LogP contribution < -0.4 is 0 Å². The van der Waals surface area contributed by atoms with Gasteiger partial charge in [-0.05, 0) is 31.2 Å². The van der Waals surface area contributed by atoms with Crippen LogP contribution in [0.25, 0.3) is 11.4 Å². The van der Waals surface area contributed by atoms with Crippen LogP contribution in [0.4, 0.5) is 0 Å². The van der Waals surface area contributed by atoms with Crippen molar-refractivity contribution < 1.29 is 4.79 Å². The number of nitrogens with zero attached hydrogens (tertiary/aromatic N) is 3. The number of ketones is 1. The summed E-state index contributed by atoms with van der Waals surface area (Å²) in [6.45, 7) is 6.39. The van der Waals surface area contributed by atoms with Crippen LogP contribution >= 0.6 is 35.0 Å². The molecule has 0 saturated carbocycles. The Morgan fingerprint density at radius 1 is 1.22 bits per heavy atom. The van der Waals surface area contributed by atoms with Crippen LogP contribution in [0.2, 0.25) is 10.0 Å². The smallest absolute Gasteiger partial charge is 0.192 e. The molecule has 0 radical (unpaired) electrons. The van der Waals surface area contributed by atoms with E-state index in [0.29, 0.717) is 27.3 Å². The summed E-state index contributed by atoms with van der Waals surface area (Å²) in [5.41, 5.74) is 2.56. The minimum Gasteiger partial charge on any atom is -0.298 e. The van der Waals surface area contributed by atoms with Crippen LogP contribution in [0, 0.1) is 6.92 Å². The highest BCUT2D eigenvalue weighted by Gasteiger charge is 2.17. The van der Waals surface area contributed by atoms with E-state index in [-0.39, 0.29) is 11.5 Å². The number of Topliss-reactive ketones (excluding diaryl/α,β-unsaturated/α-hetero) is 1. The molecule has 7 heteroatoms. The summed E-state index contributed by atoms with van der Waals surface area (Å²) in [5.74, 6) is 0.856. The summed E-state index contributed by atoms with van der Waals surface area (Å²) < 4.78 is 1.95. The summed E-state index contributed by atoms with van der Waals surface area (Å²) in [7, 11) is 0.